The number of carbonyl (C=O) groups excluding carboxylic acids is 1. The summed E-state index contributed by atoms with van der Waals surface area (Å²) in [4.78, 5) is 27.9. The number of aromatic nitrogens is 2. The molecule has 2 heterocycles. The van der Waals surface area contributed by atoms with Gasteiger partial charge in [-0.2, -0.15) is 8.42 Å². The summed E-state index contributed by atoms with van der Waals surface area (Å²) >= 11 is 0. The first-order chi connectivity index (χ1) is 24.6. The molecule has 0 spiro atoms. The average Bonchev–Trinajstić information content (AvgIpc) is 3.65. The zero-order valence-corrected chi connectivity index (χ0v) is 30.5. The number of anilines is 1. The highest BCUT2D eigenvalue weighted by molar-refractivity contribution is 7.87. The van der Waals surface area contributed by atoms with Crippen LogP contribution in [0.25, 0.3) is 0 Å². The van der Waals surface area contributed by atoms with Gasteiger partial charge >= 0.3 is 10.1 Å². The van der Waals surface area contributed by atoms with Crippen molar-refractivity contribution >= 4 is 46.2 Å². The number of benzene rings is 4. The lowest BCUT2D eigenvalue weighted by Crippen LogP contribution is -2.66. The standard InChI is InChI=1S/C37H36F2N4O7SSi/c1-24(49-51(47,48)33-18-12-11-17-30(33)43(45)46)36(44)41-34-23-42-31(25-19-26(38)21-27(39)20-25)22-32(35(42)40-34)50-52(37(2,3)4,28-13-7-5-8-14-28)29-15-9-6-10-16-29/h5-21,23-24,31-32H,22H2,1-4H3,(H,41,44)/t24-,31?,32?/m1/s1. The number of para-hydroxylation sites is 1. The molecule has 52 heavy (non-hydrogen) atoms. The van der Waals surface area contributed by atoms with E-state index in [1.807, 2.05) is 60.7 Å². The molecule has 4 aromatic carbocycles. The molecule has 15 heteroatoms. The number of carbonyl (C=O) groups is 1. The van der Waals surface area contributed by atoms with Crippen LogP contribution in [0.3, 0.4) is 0 Å². The zero-order chi connectivity index (χ0) is 37.4. The number of amides is 1. The van der Waals surface area contributed by atoms with Crippen LogP contribution in [0, 0.1) is 21.7 Å². The number of nitro groups is 1. The van der Waals surface area contributed by atoms with E-state index >= 15 is 0 Å². The van der Waals surface area contributed by atoms with Gasteiger partial charge in [-0.05, 0) is 46.1 Å². The summed E-state index contributed by atoms with van der Waals surface area (Å²) in [6, 6.07) is 27.1. The molecule has 0 saturated carbocycles. The molecule has 1 aromatic heterocycles. The minimum Gasteiger partial charge on any atom is -0.397 e. The van der Waals surface area contributed by atoms with Crippen LogP contribution < -0.4 is 15.7 Å². The average molecular weight is 747 g/mol. The van der Waals surface area contributed by atoms with Crippen LogP contribution in [0.2, 0.25) is 5.04 Å². The molecule has 11 nitrogen and oxygen atoms in total. The fourth-order valence-electron chi connectivity index (χ4n) is 6.78. The Bertz CT molecular complexity index is 2170. The van der Waals surface area contributed by atoms with Gasteiger partial charge < -0.3 is 14.3 Å². The lowest BCUT2D eigenvalue weighted by Gasteiger charge is -2.44. The molecule has 270 valence electrons. The van der Waals surface area contributed by atoms with Gasteiger partial charge in [0.1, 0.15) is 23.6 Å². The lowest BCUT2D eigenvalue weighted by molar-refractivity contribution is -0.387. The van der Waals surface area contributed by atoms with Gasteiger partial charge in [0.25, 0.3) is 19.9 Å². The van der Waals surface area contributed by atoms with Crippen LogP contribution in [0.5, 0.6) is 0 Å². The predicted octanol–water partition coefficient (Wildman–Crippen LogP) is 6.41. The largest absolute Gasteiger partial charge is 0.397 e. The minimum atomic E-state index is -4.73. The predicted molar refractivity (Wildman–Crippen MR) is 192 cm³/mol. The molecule has 0 radical (unpaired) electrons. The van der Waals surface area contributed by atoms with Gasteiger partial charge in [-0.25, -0.2) is 13.8 Å². The summed E-state index contributed by atoms with van der Waals surface area (Å²) in [5, 5.41) is 15.6. The first-order valence-corrected chi connectivity index (χ1v) is 19.7. The highest BCUT2D eigenvalue weighted by atomic mass is 32.2. The first kappa shape index (κ1) is 36.7. The molecule has 5 aromatic rings. The van der Waals surface area contributed by atoms with Crippen molar-refractivity contribution in [2.75, 3.05) is 5.32 Å². The Morgan fingerprint density at radius 3 is 2.08 bits per heavy atom. The van der Waals surface area contributed by atoms with Crippen LogP contribution in [0.1, 0.15) is 57.6 Å². The van der Waals surface area contributed by atoms with Crippen molar-refractivity contribution in [2.24, 2.45) is 0 Å². The van der Waals surface area contributed by atoms with Gasteiger partial charge in [0, 0.05) is 24.8 Å². The van der Waals surface area contributed by atoms with Gasteiger partial charge in [-0.1, -0.05) is 93.6 Å². The van der Waals surface area contributed by atoms with E-state index < -0.39 is 74.8 Å². The van der Waals surface area contributed by atoms with Crippen molar-refractivity contribution in [1.29, 1.82) is 0 Å². The van der Waals surface area contributed by atoms with Gasteiger partial charge in [0.15, 0.2) is 16.8 Å². The summed E-state index contributed by atoms with van der Waals surface area (Å²) in [5.41, 5.74) is -0.373. The Hall–Kier alpha value is -5.09. The molecule has 1 aliphatic heterocycles. The van der Waals surface area contributed by atoms with Crippen molar-refractivity contribution < 1.29 is 35.5 Å². The molecular formula is C37H36F2N4O7SSi. The number of nitro benzene ring substituents is 1. The maximum atomic E-state index is 14.6. The van der Waals surface area contributed by atoms with Crippen molar-refractivity contribution in [3.05, 3.63) is 142 Å². The fourth-order valence-corrected chi connectivity index (χ4v) is 12.6. The van der Waals surface area contributed by atoms with Crippen molar-refractivity contribution in [3.63, 3.8) is 0 Å². The van der Waals surface area contributed by atoms with Crippen LogP contribution in [0.4, 0.5) is 20.3 Å². The molecule has 3 atom stereocenters. The topological polar surface area (TPSA) is 143 Å². The monoisotopic (exact) mass is 746 g/mol. The molecule has 0 aliphatic carbocycles. The highest BCUT2D eigenvalue weighted by Crippen LogP contribution is 2.47. The Morgan fingerprint density at radius 1 is 0.962 bits per heavy atom. The smallest absolute Gasteiger partial charge is 0.304 e. The maximum Gasteiger partial charge on any atom is 0.304 e. The van der Waals surface area contributed by atoms with Crippen molar-refractivity contribution in [2.45, 2.75) is 62.3 Å². The van der Waals surface area contributed by atoms with E-state index in [9.17, 15) is 32.1 Å². The SMILES string of the molecule is C[C@@H](OS(=O)(=O)c1ccccc1[N+](=O)[O-])C(=O)Nc1cn2c(n1)C(O[Si](c1ccccc1)(c1ccccc1)C(C)(C)C)CC2c1cc(F)cc(F)c1. The first-order valence-electron chi connectivity index (χ1n) is 16.4. The quantitative estimate of drug-likeness (QED) is 0.0707. The Kier molecular flexibility index (Phi) is 9.98. The minimum absolute atomic E-state index is 0.0103. The van der Waals surface area contributed by atoms with Crippen LogP contribution in [-0.4, -0.2) is 43.2 Å². The second-order valence-corrected chi connectivity index (χ2v) is 19.3. The highest BCUT2D eigenvalue weighted by Gasteiger charge is 2.53. The van der Waals surface area contributed by atoms with Crippen LogP contribution in [0.15, 0.2) is 114 Å². The molecule has 0 saturated heterocycles. The van der Waals surface area contributed by atoms with E-state index in [0.717, 1.165) is 28.6 Å². The summed E-state index contributed by atoms with van der Waals surface area (Å²) in [6.07, 6.45) is -0.560. The summed E-state index contributed by atoms with van der Waals surface area (Å²) in [5.74, 6) is -2.02. The molecule has 2 unspecified atom stereocenters. The number of imidazole rings is 1. The third kappa shape index (κ3) is 7.04. The number of fused-ring (bicyclic) bond motifs is 1. The summed E-state index contributed by atoms with van der Waals surface area (Å²) in [6.45, 7) is 7.53. The zero-order valence-electron chi connectivity index (χ0n) is 28.7. The molecule has 0 fully saturated rings. The van der Waals surface area contributed by atoms with E-state index in [-0.39, 0.29) is 12.2 Å². The van der Waals surface area contributed by atoms with Crippen molar-refractivity contribution in [1.82, 2.24) is 9.55 Å². The number of hydrogen-bond acceptors (Lipinski definition) is 8. The van der Waals surface area contributed by atoms with Gasteiger partial charge in [-0.15, -0.1) is 0 Å². The second kappa shape index (κ2) is 14.1. The third-order valence-corrected chi connectivity index (χ3v) is 15.5. The van der Waals surface area contributed by atoms with Crippen LogP contribution in [-0.2, 0) is 23.5 Å². The molecule has 1 N–H and O–H groups in total. The summed E-state index contributed by atoms with van der Waals surface area (Å²) in [7, 11) is -7.90. The molecule has 1 aliphatic rings. The van der Waals surface area contributed by atoms with Gasteiger partial charge in [0.2, 0.25) is 0 Å². The number of nitrogens with zero attached hydrogens (tertiary/aromatic N) is 3. The molecule has 0 bridgehead atoms. The van der Waals surface area contributed by atoms with Crippen molar-refractivity contribution in [3.8, 4) is 0 Å². The molecule has 6 rings (SSSR count). The van der Waals surface area contributed by atoms with Gasteiger partial charge in [-0.3, -0.25) is 19.1 Å². The van der Waals surface area contributed by atoms with E-state index in [0.29, 0.717) is 11.4 Å². The van der Waals surface area contributed by atoms with E-state index in [1.165, 1.54) is 37.4 Å². The normalized spacial score (nSPS) is 16.7. The number of hydrogen-bond donors (Lipinski definition) is 1. The Balaban J connectivity index is 1.37. The Morgan fingerprint density at radius 2 is 1.52 bits per heavy atom. The van der Waals surface area contributed by atoms with Crippen LogP contribution >= 0.6 is 0 Å². The number of rotatable bonds is 11. The van der Waals surface area contributed by atoms with E-state index in [4.69, 9.17) is 13.6 Å². The fraction of sp³-hybridized carbons (Fsp3) is 0.243. The molecular weight excluding hydrogens is 711 g/mol. The second-order valence-electron chi connectivity index (χ2n) is 13.5. The maximum absolute atomic E-state index is 14.6. The number of nitrogens with one attached hydrogen (secondary N) is 1. The Labute approximate surface area is 300 Å². The number of halogens is 2. The van der Waals surface area contributed by atoms with Gasteiger partial charge in [0.05, 0.1) is 11.0 Å². The lowest BCUT2D eigenvalue weighted by atomic mass is 10.0. The summed E-state index contributed by atoms with van der Waals surface area (Å²) < 4.78 is 69.3. The third-order valence-electron chi connectivity index (χ3n) is 9.05. The van der Waals surface area contributed by atoms with E-state index in [2.05, 4.69) is 26.1 Å². The molecule has 1 amide bonds. The van der Waals surface area contributed by atoms with E-state index in [1.54, 1.807) is 4.57 Å².